The maximum atomic E-state index is 8.96. The van der Waals surface area contributed by atoms with Gasteiger partial charge in [-0.1, -0.05) is 11.6 Å². The van der Waals surface area contributed by atoms with Gasteiger partial charge in [0.05, 0.1) is 15.8 Å². The molecule has 86 valence electrons. The molecule has 2 nitrogen and oxygen atoms in total. The van der Waals surface area contributed by atoms with Gasteiger partial charge in [0.15, 0.2) is 0 Å². The number of rotatable bonds is 3. The quantitative estimate of drug-likeness (QED) is 0.896. The Labute approximate surface area is 105 Å². The third-order valence-electron chi connectivity index (χ3n) is 2.94. The van der Waals surface area contributed by atoms with Gasteiger partial charge < -0.3 is 5.32 Å². The Bertz CT molecular complexity index is 431. The summed E-state index contributed by atoms with van der Waals surface area (Å²) in [5.41, 5.74) is 1.03. The number of nitrogens with zero attached hydrogens (tertiary/aromatic N) is 1. The van der Waals surface area contributed by atoms with E-state index >= 15 is 0 Å². The summed E-state index contributed by atoms with van der Waals surface area (Å²) in [6.45, 7) is 4.63. The summed E-state index contributed by atoms with van der Waals surface area (Å²) in [6.07, 6.45) is 2.23. The highest BCUT2D eigenvalue weighted by atomic mass is 35.5. The van der Waals surface area contributed by atoms with Gasteiger partial charge in [-0.2, -0.15) is 5.26 Å². The number of nitriles is 1. The van der Waals surface area contributed by atoms with Gasteiger partial charge in [0.1, 0.15) is 0 Å². The van der Waals surface area contributed by atoms with Crippen molar-refractivity contribution in [2.24, 2.45) is 5.41 Å². The Morgan fingerprint density at radius 3 is 3.12 bits per heavy atom. The van der Waals surface area contributed by atoms with Crippen molar-refractivity contribution >= 4 is 22.9 Å². The maximum absolute atomic E-state index is 8.96. The lowest BCUT2D eigenvalue weighted by atomic mass is 9.95. The molecule has 0 bridgehead atoms. The van der Waals surface area contributed by atoms with Crippen molar-refractivity contribution in [1.82, 2.24) is 5.32 Å². The third-order valence-corrected chi connectivity index (χ3v) is 4.28. The number of hydrogen-bond donors (Lipinski definition) is 1. The van der Waals surface area contributed by atoms with E-state index in [-0.39, 0.29) is 5.41 Å². The van der Waals surface area contributed by atoms with Gasteiger partial charge in [-0.25, -0.2) is 0 Å². The zero-order valence-electron chi connectivity index (χ0n) is 9.51. The summed E-state index contributed by atoms with van der Waals surface area (Å²) in [7, 11) is 0. The largest absolute Gasteiger partial charge is 0.308 e. The van der Waals surface area contributed by atoms with E-state index in [4.69, 9.17) is 16.9 Å². The highest BCUT2D eigenvalue weighted by molar-refractivity contribution is 7.16. The molecule has 0 fully saturated rings. The number of thiophene rings is 1. The second-order valence-corrected chi connectivity index (χ2v) is 6.66. The minimum Gasteiger partial charge on any atom is -0.308 e. The minimum absolute atomic E-state index is 0.303. The van der Waals surface area contributed by atoms with Crippen LogP contribution in [-0.2, 0) is 6.42 Å². The van der Waals surface area contributed by atoms with Gasteiger partial charge in [0.25, 0.3) is 0 Å². The molecule has 1 aromatic heterocycles. The molecule has 1 aromatic rings. The van der Waals surface area contributed by atoms with Crippen LogP contribution in [0.25, 0.3) is 0 Å². The fraction of sp³-hybridized carbons (Fsp3) is 0.583. The first-order valence-electron chi connectivity index (χ1n) is 5.44. The van der Waals surface area contributed by atoms with E-state index in [9.17, 15) is 0 Å². The summed E-state index contributed by atoms with van der Waals surface area (Å²) in [5.74, 6) is 0. The molecular weight excluding hydrogens is 240 g/mol. The lowest BCUT2D eigenvalue weighted by molar-refractivity contribution is 0.403. The summed E-state index contributed by atoms with van der Waals surface area (Å²) in [6, 6.07) is 4.75. The van der Waals surface area contributed by atoms with Crippen molar-refractivity contribution in [3.63, 3.8) is 0 Å². The Hall–Kier alpha value is -0.560. The first-order chi connectivity index (χ1) is 7.52. The normalized spacial score (nSPS) is 19.5. The zero-order chi connectivity index (χ0) is 11.8. The van der Waals surface area contributed by atoms with Crippen molar-refractivity contribution in [3.05, 3.63) is 20.8 Å². The maximum Gasteiger partial charge on any atom is 0.0934 e. The molecular formula is C12H15ClN2S. The highest BCUT2D eigenvalue weighted by Crippen LogP contribution is 2.39. The molecule has 1 atom stereocenters. The monoisotopic (exact) mass is 254 g/mol. The first kappa shape index (κ1) is 11.9. The Morgan fingerprint density at radius 1 is 1.69 bits per heavy atom. The van der Waals surface area contributed by atoms with Crippen LogP contribution in [0.2, 0.25) is 4.34 Å². The van der Waals surface area contributed by atoms with E-state index < -0.39 is 0 Å². The van der Waals surface area contributed by atoms with Gasteiger partial charge in [0.2, 0.25) is 0 Å². The third kappa shape index (κ3) is 2.40. The lowest BCUT2D eigenvalue weighted by Crippen LogP contribution is -2.30. The van der Waals surface area contributed by atoms with Crippen LogP contribution >= 0.6 is 22.9 Å². The van der Waals surface area contributed by atoms with Crippen LogP contribution in [0.5, 0.6) is 0 Å². The first-order valence-corrected chi connectivity index (χ1v) is 6.64. The van der Waals surface area contributed by atoms with E-state index in [2.05, 4.69) is 17.5 Å². The number of aryl methyl sites for hydroxylation is 1. The van der Waals surface area contributed by atoms with Crippen molar-refractivity contribution in [2.75, 3.05) is 6.54 Å². The summed E-state index contributed by atoms with van der Waals surface area (Å²) >= 11 is 7.68. The molecule has 2 rings (SSSR count). The van der Waals surface area contributed by atoms with Crippen LogP contribution in [0.4, 0.5) is 0 Å². The van der Waals surface area contributed by atoms with Crippen molar-refractivity contribution < 1.29 is 0 Å². The highest BCUT2D eigenvalue weighted by Gasteiger charge is 2.26. The lowest BCUT2D eigenvalue weighted by Gasteiger charge is -2.20. The van der Waals surface area contributed by atoms with Gasteiger partial charge >= 0.3 is 0 Å². The molecule has 0 saturated carbocycles. The molecule has 1 N–H and O–H groups in total. The van der Waals surface area contributed by atoms with Crippen LogP contribution in [-0.4, -0.2) is 6.54 Å². The van der Waals surface area contributed by atoms with Gasteiger partial charge in [-0.3, -0.25) is 0 Å². The SMILES string of the molecule is CC(C)(C#N)CNC1CCc2sc(Cl)cc21. The average molecular weight is 255 g/mol. The standard InChI is InChI=1S/C12H15ClN2S/c1-12(2,6-14)7-15-9-3-4-10-8(9)5-11(13)16-10/h5,9,15H,3-4,7H2,1-2H3. The van der Waals surface area contributed by atoms with Crippen molar-refractivity contribution in [2.45, 2.75) is 32.7 Å². The van der Waals surface area contributed by atoms with Crippen LogP contribution in [0.15, 0.2) is 6.07 Å². The van der Waals surface area contributed by atoms with Gasteiger partial charge in [-0.05, 0) is 38.3 Å². The molecule has 0 amide bonds. The van der Waals surface area contributed by atoms with Gasteiger partial charge in [-0.15, -0.1) is 11.3 Å². The summed E-state index contributed by atoms with van der Waals surface area (Å²) in [5, 5.41) is 12.4. The van der Waals surface area contributed by atoms with E-state index in [0.29, 0.717) is 6.04 Å². The second kappa shape index (κ2) is 4.37. The minimum atomic E-state index is -0.303. The Morgan fingerprint density at radius 2 is 2.44 bits per heavy atom. The number of hydrogen-bond acceptors (Lipinski definition) is 3. The van der Waals surface area contributed by atoms with Crippen LogP contribution in [0.1, 0.15) is 36.8 Å². The molecule has 0 spiro atoms. The van der Waals surface area contributed by atoms with E-state index in [1.165, 1.54) is 10.4 Å². The summed E-state index contributed by atoms with van der Waals surface area (Å²) < 4.78 is 0.871. The van der Waals surface area contributed by atoms with Crippen molar-refractivity contribution in [3.8, 4) is 6.07 Å². The van der Waals surface area contributed by atoms with E-state index in [1.54, 1.807) is 11.3 Å². The number of halogens is 1. The molecule has 16 heavy (non-hydrogen) atoms. The molecule has 0 aliphatic heterocycles. The van der Waals surface area contributed by atoms with Crippen LogP contribution < -0.4 is 5.32 Å². The predicted molar refractivity (Wildman–Crippen MR) is 67.8 cm³/mol. The smallest absolute Gasteiger partial charge is 0.0934 e. The summed E-state index contributed by atoms with van der Waals surface area (Å²) in [4.78, 5) is 1.40. The van der Waals surface area contributed by atoms with Gasteiger partial charge in [0, 0.05) is 17.5 Å². The number of fused-ring (bicyclic) bond motifs is 1. The fourth-order valence-electron chi connectivity index (χ4n) is 1.96. The van der Waals surface area contributed by atoms with Crippen LogP contribution in [0.3, 0.4) is 0 Å². The van der Waals surface area contributed by atoms with E-state index in [1.807, 2.05) is 13.8 Å². The topological polar surface area (TPSA) is 35.8 Å². The molecule has 1 aliphatic rings. The Balaban J connectivity index is 2.01. The van der Waals surface area contributed by atoms with Crippen molar-refractivity contribution in [1.29, 1.82) is 5.26 Å². The molecule has 0 aromatic carbocycles. The molecule has 0 radical (unpaired) electrons. The zero-order valence-corrected chi connectivity index (χ0v) is 11.1. The van der Waals surface area contributed by atoms with E-state index in [0.717, 1.165) is 23.7 Å². The number of nitrogens with one attached hydrogen (secondary N) is 1. The second-order valence-electron chi connectivity index (χ2n) is 4.90. The molecule has 1 heterocycles. The Kier molecular flexibility index (Phi) is 3.25. The molecule has 0 saturated heterocycles. The molecule has 4 heteroatoms. The molecule has 1 aliphatic carbocycles. The molecule has 1 unspecified atom stereocenters. The predicted octanol–water partition coefficient (Wildman–Crippen LogP) is 3.53. The average Bonchev–Trinajstić information content (AvgIpc) is 2.74. The van der Waals surface area contributed by atoms with Crippen LogP contribution in [0, 0.1) is 16.7 Å². The fourth-order valence-corrected chi connectivity index (χ4v) is 3.32.